The van der Waals surface area contributed by atoms with Gasteiger partial charge in [-0.05, 0) is 25.2 Å². The maximum absolute atomic E-state index is 13.8. The first-order valence-electron chi connectivity index (χ1n) is 14.5. The number of hydrogen-bond acceptors (Lipinski definition) is 13. The van der Waals surface area contributed by atoms with Gasteiger partial charge in [-0.1, -0.05) is 12.1 Å². The third kappa shape index (κ3) is 5.70. The fourth-order valence-corrected chi connectivity index (χ4v) is 6.51. The molecule has 3 aliphatic rings. The number of fused-ring (bicyclic) bond motifs is 3. The van der Waals surface area contributed by atoms with Gasteiger partial charge in [-0.2, -0.15) is 12.6 Å². The molecule has 0 radical (unpaired) electrons. The van der Waals surface area contributed by atoms with Crippen LogP contribution >= 0.6 is 12.6 Å². The van der Waals surface area contributed by atoms with Crippen LogP contribution < -0.4 is 10.5 Å². The van der Waals surface area contributed by atoms with Gasteiger partial charge in [0.05, 0.1) is 47.9 Å². The Hall–Kier alpha value is -3.53. The van der Waals surface area contributed by atoms with E-state index >= 15 is 0 Å². The first-order valence-corrected chi connectivity index (χ1v) is 15.2. The summed E-state index contributed by atoms with van der Waals surface area (Å²) in [6.07, 6.45) is -4.28. The number of benzene rings is 2. The molecule has 6 atom stereocenters. The zero-order valence-corrected chi connectivity index (χ0v) is 25.6. The molecule has 0 amide bonds. The number of ketones is 3. The molecule has 1 saturated heterocycles. The van der Waals surface area contributed by atoms with Crippen molar-refractivity contribution < 1.29 is 54.1 Å². The number of Topliss-reactive ketones (excluding diaryl/α,β-unsaturated/α-hetero) is 1. The predicted octanol–water partition coefficient (Wildman–Crippen LogP) is 1.11. The lowest BCUT2D eigenvalue weighted by Gasteiger charge is -2.42. The van der Waals surface area contributed by atoms with Crippen LogP contribution in [0.2, 0.25) is 0 Å². The largest absolute Gasteiger partial charge is 0.507 e. The fourth-order valence-electron chi connectivity index (χ4n) is 6.36. The van der Waals surface area contributed by atoms with E-state index in [2.05, 4.69) is 17.6 Å². The van der Waals surface area contributed by atoms with Crippen molar-refractivity contribution in [2.45, 2.75) is 75.3 Å². The molecule has 5 rings (SSSR count). The van der Waals surface area contributed by atoms with Crippen LogP contribution in [0.3, 0.4) is 0 Å². The summed E-state index contributed by atoms with van der Waals surface area (Å²) in [4.78, 5) is 44.7. The summed E-state index contributed by atoms with van der Waals surface area (Å²) in [5, 5.41) is 55.0. The average Bonchev–Trinajstić information content (AvgIpc) is 3.01. The Morgan fingerprint density at radius 1 is 1.18 bits per heavy atom. The van der Waals surface area contributed by atoms with E-state index < -0.39 is 95.7 Å². The Balaban J connectivity index is 1.61. The van der Waals surface area contributed by atoms with Gasteiger partial charge in [0.1, 0.15) is 35.6 Å². The van der Waals surface area contributed by atoms with Crippen LogP contribution in [0.5, 0.6) is 17.2 Å². The van der Waals surface area contributed by atoms with Crippen molar-refractivity contribution in [2.75, 3.05) is 19.5 Å². The number of nitrogens with two attached hydrogens (primary N) is 1. The second kappa shape index (κ2) is 12.7. The predicted molar refractivity (Wildman–Crippen MR) is 162 cm³/mol. The van der Waals surface area contributed by atoms with E-state index in [1.807, 2.05) is 0 Å². The monoisotopic (exact) mass is 644 g/mol. The molecule has 45 heavy (non-hydrogen) atoms. The fraction of sp³-hybridized carbons (Fsp3) is 0.484. The summed E-state index contributed by atoms with van der Waals surface area (Å²) in [6.45, 7) is 0.564. The van der Waals surface area contributed by atoms with E-state index in [0.717, 1.165) is 0 Å². The first kappa shape index (κ1) is 32.9. The number of aliphatic hydroxyl groups excluding tert-OH is 2. The maximum Gasteiger partial charge on any atom is 0.202 e. The second-order valence-corrected chi connectivity index (χ2v) is 12.0. The highest BCUT2D eigenvalue weighted by Crippen LogP contribution is 2.52. The third-order valence-corrected chi connectivity index (χ3v) is 8.97. The minimum absolute atomic E-state index is 0.00896. The van der Waals surface area contributed by atoms with Crippen LogP contribution in [0.4, 0.5) is 0 Å². The molecule has 7 N–H and O–H groups in total. The van der Waals surface area contributed by atoms with Crippen molar-refractivity contribution in [1.82, 2.24) is 0 Å². The van der Waals surface area contributed by atoms with Crippen molar-refractivity contribution in [3.05, 3.63) is 51.6 Å². The smallest absolute Gasteiger partial charge is 0.202 e. The summed E-state index contributed by atoms with van der Waals surface area (Å²) in [5.41, 5.74) is 2.33. The highest BCUT2D eigenvalue weighted by atomic mass is 32.1. The highest BCUT2D eigenvalue weighted by molar-refractivity contribution is 7.80. The van der Waals surface area contributed by atoms with E-state index in [9.17, 15) is 39.9 Å². The SMILES string of the molecule is COc1cccc2c1C(=O)c1c(O)c3c(c(O)c1C2=O)C[C@@](O)(C(=O)CO)C[C@@H]3O[C@H]1C[C@H](N=C(N)CCCS)[C@H](O)[C@H](C)O1. The van der Waals surface area contributed by atoms with Crippen molar-refractivity contribution in [3.8, 4) is 17.2 Å². The summed E-state index contributed by atoms with van der Waals surface area (Å²) < 4.78 is 17.4. The van der Waals surface area contributed by atoms with Gasteiger partial charge in [-0.25, -0.2) is 0 Å². The van der Waals surface area contributed by atoms with E-state index in [1.54, 1.807) is 6.92 Å². The van der Waals surface area contributed by atoms with Crippen LogP contribution in [-0.2, 0) is 20.7 Å². The minimum Gasteiger partial charge on any atom is -0.507 e. The Morgan fingerprint density at radius 2 is 1.89 bits per heavy atom. The molecule has 2 aromatic carbocycles. The van der Waals surface area contributed by atoms with Crippen LogP contribution in [0.25, 0.3) is 0 Å². The number of hydrogen-bond donors (Lipinski definition) is 7. The topological polar surface area (TPSA) is 218 Å². The maximum atomic E-state index is 13.8. The molecule has 0 bridgehead atoms. The number of aromatic hydroxyl groups is 2. The molecule has 2 aliphatic carbocycles. The Labute approximate surface area is 264 Å². The zero-order valence-electron chi connectivity index (χ0n) is 24.7. The zero-order chi connectivity index (χ0) is 32.8. The molecule has 0 unspecified atom stereocenters. The van der Waals surface area contributed by atoms with Crippen molar-refractivity contribution in [2.24, 2.45) is 10.7 Å². The molecule has 1 fully saturated rings. The van der Waals surface area contributed by atoms with Crippen molar-refractivity contribution in [3.63, 3.8) is 0 Å². The second-order valence-electron chi connectivity index (χ2n) is 11.5. The number of carbonyl (C=O) groups excluding carboxylic acids is 3. The number of nitrogens with zero attached hydrogens (tertiary/aromatic N) is 1. The number of ether oxygens (including phenoxy) is 3. The molecule has 0 aromatic heterocycles. The summed E-state index contributed by atoms with van der Waals surface area (Å²) >= 11 is 4.18. The molecular formula is C31H36N2O11S. The summed E-state index contributed by atoms with van der Waals surface area (Å²) in [7, 11) is 1.32. The van der Waals surface area contributed by atoms with Gasteiger partial charge in [0.2, 0.25) is 5.78 Å². The molecule has 1 aliphatic heterocycles. The van der Waals surface area contributed by atoms with E-state index in [1.165, 1.54) is 25.3 Å². The van der Waals surface area contributed by atoms with Gasteiger partial charge < -0.3 is 45.5 Å². The molecular weight excluding hydrogens is 608 g/mol. The standard InChI is InChI=1S/C31H36N2O11S/c1-13-26(36)16(33-20(32)7-4-8-45)9-21(43-13)44-18-11-31(41,19(35)12-34)10-15-23(18)30(40)25-24(28(15)38)27(37)14-5-3-6-17(42-2)22(14)29(25)39/h3,5-6,13,16,18,21,26,34,36,38,40-41,45H,4,7-12H2,1-2H3,(H2,32,33)/t13-,16-,18-,21-,26+,31-/m0/s1. The molecule has 13 nitrogen and oxygen atoms in total. The average molecular weight is 645 g/mol. The van der Waals surface area contributed by atoms with Crippen LogP contribution in [0.15, 0.2) is 23.2 Å². The summed E-state index contributed by atoms with van der Waals surface area (Å²) in [5.74, 6) is -2.94. The van der Waals surface area contributed by atoms with Gasteiger partial charge in [-0.3, -0.25) is 19.4 Å². The lowest BCUT2D eigenvalue weighted by atomic mass is 9.72. The minimum atomic E-state index is -2.28. The van der Waals surface area contributed by atoms with E-state index in [-0.39, 0.29) is 34.4 Å². The van der Waals surface area contributed by atoms with Gasteiger partial charge in [0.15, 0.2) is 17.9 Å². The molecule has 2 aromatic rings. The highest BCUT2D eigenvalue weighted by Gasteiger charge is 2.50. The first-order chi connectivity index (χ1) is 21.4. The number of phenolic OH excluding ortho intramolecular Hbond substituents is 2. The lowest BCUT2D eigenvalue weighted by Crippen LogP contribution is -2.50. The van der Waals surface area contributed by atoms with E-state index in [0.29, 0.717) is 24.4 Å². The van der Waals surface area contributed by atoms with Crippen molar-refractivity contribution >= 4 is 35.8 Å². The summed E-state index contributed by atoms with van der Waals surface area (Å²) in [6, 6.07) is 3.62. The van der Waals surface area contributed by atoms with Crippen LogP contribution in [-0.4, -0.2) is 98.3 Å². The number of amidine groups is 1. The number of rotatable bonds is 9. The Bertz CT molecular complexity index is 1580. The molecule has 1 heterocycles. The number of phenols is 2. The third-order valence-electron chi connectivity index (χ3n) is 8.65. The molecule has 14 heteroatoms. The van der Waals surface area contributed by atoms with Crippen LogP contribution in [0.1, 0.15) is 81.7 Å². The lowest BCUT2D eigenvalue weighted by molar-refractivity contribution is -0.247. The van der Waals surface area contributed by atoms with Gasteiger partial charge in [0, 0.05) is 42.4 Å². The molecule has 0 spiro atoms. The van der Waals surface area contributed by atoms with Crippen LogP contribution in [0, 0.1) is 0 Å². The Kier molecular flexibility index (Phi) is 9.27. The number of aliphatic hydroxyl groups is 3. The molecule has 242 valence electrons. The number of methoxy groups -OCH3 is 1. The van der Waals surface area contributed by atoms with Crippen molar-refractivity contribution in [1.29, 1.82) is 0 Å². The quantitative estimate of drug-likeness (QED) is 0.0754. The van der Waals surface area contributed by atoms with Gasteiger partial charge in [0.25, 0.3) is 0 Å². The van der Waals surface area contributed by atoms with Gasteiger partial charge in [-0.15, -0.1) is 0 Å². The number of thiol groups is 1. The van der Waals surface area contributed by atoms with E-state index in [4.69, 9.17) is 19.9 Å². The molecule has 0 saturated carbocycles. The number of aliphatic imine (C=N–C) groups is 1. The van der Waals surface area contributed by atoms with Gasteiger partial charge >= 0.3 is 0 Å². The normalized spacial score (nSPS) is 27.9. The Morgan fingerprint density at radius 3 is 2.56 bits per heavy atom. The number of carbonyl (C=O) groups is 3.